The highest BCUT2D eigenvalue weighted by atomic mass is 79.9. The summed E-state index contributed by atoms with van der Waals surface area (Å²) < 4.78 is 5.80. The van der Waals surface area contributed by atoms with E-state index in [0.717, 1.165) is 15.4 Å². The van der Waals surface area contributed by atoms with Gasteiger partial charge in [0.1, 0.15) is 11.7 Å². The van der Waals surface area contributed by atoms with Crippen LogP contribution in [-0.4, -0.2) is 26.8 Å². The average Bonchev–Trinajstić information content (AvgIpc) is 2.95. The molecular formula is C13H11BrN4O2. The van der Waals surface area contributed by atoms with E-state index in [1.54, 1.807) is 0 Å². The maximum atomic E-state index is 8.99. The molecule has 0 fully saturated rings. The highest BCUT2D eigenvalue weighted by Gasteiger charge is 2.17. The molecule has 102 valence electrons. The summed E-state index contributed by atoms with van der Waals surface area (Å²) in [6.07, 6.45) is 0. The molecule has 0 saturated heterocycles. The largest absolute Gasteiger partial charge is 0.394 e. The van der Waals surface area contributed by atoms with Crippen LogP contribution in [0.1, 0.15) is 11.9 Å². The third-order valence-corrected chi connectivity index (χ3v) is 3.45. The van der Waals surface area contributed by atoms with E-state index in [1.807, 2.05) is 30.3 Å². The van der Waals surface area contributed by atoms with E-state index < -0.39 is 6.04 Å². The lowest BCUT2D eigenvalue weighted by Gasteiger charge is -2.02. The Morgan fingerprint density at radius 3 is 2.90 bits per heavy atom. The Balaban J connectivity index is 2.09. The number of nitrogens with two attached hydrogens (primary N) is 1. The van der Waals surface area contributed by atoms with E-state index in [4.69, 9.17) is 15.4 Å². The molecule has 2 aromatic heterocycles. The molecule has 0 aliphatic rings. The molecular weight excluding hydrogens is 324 g/mol. The molecule has 0 spiro atoms. The number of rotatable bonds is 3. The monoisotopic (exact) mass is 334 g/mol. The van der Waals surface area contributed by atoms with Crippen LogP contribution in [0.25, 0.3) is 22.4 Å². The summed E-state index contributed by atoms with van der Waals surface area (Å²) >= 11 is 3.45. The van der Waals surface area contributed by atoms with Crippen LogP contribution in [0.4, 0.5) is 0 Å². The molecule has 20 heavy (non-hydrogen) atoms. The molecule has 3 N–H and O–H groups in total. The summed E-state index contributed by atoms with van der Waals surface area (Å²) in [7, 11) is 0. The zero-order valence-corrected chi connectivity index (χ0v) is 11.9. The number of aromatic nitrogens is 3. The van der Waals surface area contributed by atoms with Gasteiger partial charge in [0.15, 0.2) is 0 Å². The summed E-state index contributed by atoms with van der Waals surface area (Å²) in [6, 6.07) is 9.00. The summed E-state index contributed by atoms with van der Waals surface area (Å²) in [5.41, 5.74) is 7.05. The molecule has 1 aromatic carbocycles. The number of hydrogen-bond donors (Lipinski definition) is 2. The first-order valence-corrected chi connectivity index (χ1v) is 6.74. The second kappa shape index (κ2) is 5.28. The SMILES string of the molecule is NC(CO)c1nc(-c2nc3ccccc3cc2Br)no1. The van der Waals surface area contributed by atoms with E-state index in [-0.39, 0.29) is 12.5 Å². The number of benzene rings is 1. The van der Waals surface area contributed by atoms with Crippen LogP contribution in [-0.2, 0) is 0 Å². The fourth-order valence-electron chi connectivity index (χ4n) is 1.81. The molecule has 0 saturated carbocycles. The van der Waals surface area contributed by atoms with Crippen molar-refractivity contribution in [2.75, 3.05) is 6.61 Å². The molecule has 1 unspecified atom stereocenters. The Morgan fingerprint density at radius 2 is 2.10 bits per heavy atom. The third kappa shape index (κ3) is 2.31. The standard InChI is InChI=1S/C13H11BrN4O2/c14-8-5-7-3-1-2-4-10(7)16-11(8)12-17-13(20-18-12)9(15)6-19/h1-5,9,19H,6,15H2. The zero-order chi connectivity index (χ0) is 14.1. The van der Waals surface area contributed by atoms with Gasteiger partial charge in [0.2, 0.25) is 11.7 Å². The topological polar surface area (TPSA) is 98.1 Å². The van der Waals surface area contributed by atoms with Gasteiger partial charge < -0.3 is 15.4 Å². The molecule has 0 amide bonds. The number of aliphatic hydroxyl groups is 1. The van der Waals surface area contributed by atoms with E-state index in [9.17, 15) is 0 Å². The molecule has 3 rings (SSSR count). The van der Waals surface area contributed by atoms with E-state index >= 15 is 0 Å². The van der Waals surface area contributed by atoms with E-state index in [1.165, 1.54) is 0 Å². The van der Waals surface area contributed by atoms with Gasteiger partial charge in [-0.05, 0) is 28.1 Å². The molecule has 7 heteroatoms. The minimum Gasteiger partial charge on any atom is -0.394 e. The molecule has 1 atom stereocenters. The maximum absolute atomic E-state index is 8.99. The van der Waals surface area contributed by atoms with Crippen LogP contribution in [0.15, 0.2) is 39.3 Å². The van der Waals surface area contributed by atoms with Crippen molar-refractivity contribution in [2.24, 2.45) is 5.73 Å². The minimum atomic E-state index is -0.685. The smallest absolute Gasteiger partial charge is 0.246 e. The van der Waals surface area contributed by atoms with Crippen molar-refractivity contribution < 1.29 is 9.63 Å². The van der Waals surface area contributed by atoms with Gasteiger partial charge in [-0.1, -0.05) is 23.4 Å². The fraction of sp³-hybridized carbons (Fsp3) is 0.154. The molecule has 0 bridgehead atoms. The van der Waals surface area contributed by atoms with Crippen LogP contribution < -0.4 is 5.73 Å². The van der Waals surface area contributed by atoms with Crippen molar-refractivity contribution in [3.05, 3.63) is 40.7 Å². The Kier molecular flexibility index (Phi) is 3.47. The second-order valence-corrected chi connectivity index (χ2v) is 5.11. The van der Waals surface area contributed by atoms with Crippen molar-refractivity contribution in [2.45, 2.75) is 6.04 Å². The van der Waals surface area contributed by atoms with Crippen LogP contribution in [0.2, 0.25) is 0 Å². The highest BCUT2D eigenvalue weighted by molar-refractivity contribution is 9.10. The Labute approximate surface area is 122 Å². The zero-order valence-electron chi connectivity index (χ0n) is 10.3. The van der Waals surface area contributed by atoms with E-state index in [0.29, 0.717) is 11.5 Å². The highest BCUT2D eigenvalue weighted by Crippen LogP contribution is 2.28. The van der Waals surface area contributed by atoms with Gasteiger partial charge in [0.25, 0.3) is 0 Å². The number of nitrogens with zero attached hydrogens (tertiary/aromatic N) is 3. The summed E-state index contributed by atoms with van der Waals surface area (Å²) in [5, 5.41) is 13.9. The van der Waals surface area contributed by atoms with Gasteiger partial charge in [0.05, 0.1) is 12.1 Å². The lowest BCUT2D eigenvalue weighted by atomic mass is 10.2. The minimum absolute atomic E-state index is 0.185. The quantitative estimate of drug-likeness (QED) is 0.760. The van der Waals surface area contributed by atoms with Crippen LogP contribution in [0, 0.1) is 0 Å². The average molecular weight is 335 g/mol. The van der Waals surface area contributed by atoms with Crippen molar-refractivity contribution >= 4 is 26.8 Å². The number of hydrogen-bond acceptors (Lipinski definition) is 6. The number of fused-ring (bicyclic) bond motifs is 1. The summed E-state index contributed by atoms with van der Waals surface area (Å²) in [4.78, 5) is 8.67. The summed E-state index contributed by atoms with van der Waals surface area (Å²) in [6.45, 7) is -0.256. The van der Waals surface area contributed by atoms with Gasteiger partial charge in [-0.3, -0.25) is 0 Å². The normalized spacial score (nSPS) is 12.8. The van der Waals surface area contributed by atoms with Gasteiger partial charge in [-0.25, -0.2) is 4.98 Å². The van der Waals surface area contributed by atoms with Gasteiger partial charge in [0, 0.05) is 9.86 Å². The number of para-hydroxylation sites is 1. The van der Waals surface area contributed by atoms with Gasteiger partial charge >= 0.3 is 0 Å². The molecule has 2 heterocycles. The maximum Gasteiger partial charge on any atom is 0.246 e. The lowest BCUT2D eigenvalue weighted by Crippen LogP contribution is -2.14. The van der Waals surface area contributed by atoms with Crippen LogP contribution in [0.5, 0.6) is 0 Å². The lowest BCUT2D eigenvalue weighted by molar-refractivity contribution is 0.237. The summed E-state index contributed by atoms with van der Waals surface area (Å²) in [5.74, 6) is 0.519. The third-order valence-electron chi connectivity index (χ3n) is 2.84. The first-order chi connectivity index (χ1) is 9.69. The molecule has 6 nitrogen and oxygen atoms in total. The van der Waals surface area contributed by atoms with Gasteiger partial charge in [-0.15, -0.1) is 0 Å². The predicted molar refractivity (Wildman–Crippen MR) is 76.7 cm³/mol. The molecule has 3 aromatic rings. The number of halogens is 1. The molecule has 0 aliphatic heterocycles. The van der Waals surface area contributed by atoms with Crippen molar-refractivity contribution in [3.63, 3.8) is 0 Å². The van der Waals surface area contributed by atoms with Gasteiger partial charge in [-0.2, -0.15) is 4.98 Å². The first-order valence-electron chi connectivity index (χ1n) is 5.94. The number of aliphatic hydroxyl groups excluding tert-OH is 1. The second-order valence-electron chi connectivity index (χ2n) is 4.26. The predicted octanol–water partition coefficient (Wildman–Crippen LogP) is 2.04. The van der Waals surface area contributed by atoms with Crippen LogP contribution >= 0.6 is 15.9 Å². The molecule has 0 radical (unpaired) electrons. The van der Waals surface area contributed by atoms with Crippen molar-refractivity contribution in [3.8, 4) is 11.5 Å². The number of pyridine rings is 1. The van der Waals surface area contributed by atoms with Crippen LogP contribution in [0.3, 0.4) is 0 Å². The van der Waals surface area contributed by atoms with Crippen molar-refractivity contribution in [1.82, 2.24) is 15.1 Å². The molecule has 0 aliphatic carbocycles. The van der Waals surface area contributed by atoms with Crippen molar-refractivity contribution in [1.29, 1.82) is 0 Å². The first kappa shape index (κ1) is 13.2. The van der Waals surface area contributed by atoms with E-state index in [2.05, 4.69) is 31.1 Å². The Hall–Kier alpha value is -1.83. The fourth-order valence-corrected chi connectivity index (χ4v) is 2.32. The Morgan fingerprint density at radius 1 is 1.30 bits per heavy atom. The Bertz CT molecular complexity index is 759.